The van der Waals surface area contributed by atoms with Crippen molar-refractivity contribution in [3.05, 3.63) is 99.8 Å². The van der Waals surface area contributed by atoms with Gasteiger partial charge in [0.15, 0.2) is 0 Å². The zero-order valence-corrected chi connectivity index (χ0v) is 36.0. The number of imide groups is 1. The molecule has 3 aromatic carbocycles. The summed E-state index contributed by atoms with van der Waals surface area (Å²) in [5.74, 6) is 0.689. The lowest BCUT2D eigenvalue weighted by atomic mass is 9.91. The first-order valence-corrected chi connectivity index (χ1v) is 25.3. The quantitative estimate of drug-likeness (QED) is 0.0508. The number of nitrogens with zero attached hydrogens (tertiary/aromatic N) is 2. The smallest absolute Gasteiger partial charge is 0.333 e. The second-order valence-electron chi connectivity index (χ2n) is 15.0. The van der Waals surface area contributed by atoms with Crippen LogP contribution in [0.1, 0.15) is 121 Å². The van der Waals surface area contributed by atoms with E-state index in [2.05, 4.69) is 116 Å². The van der Waals surface area contributed by atoms with Crippen LogP contribution < -0.4 is 4.90 Å². The van der Waals surface area contributed by atoms with Gasteiger partial charge in [-0.15, -0.1) is 28.6 Å². The number of anilines is 2. The molecule has 1 fully saturated rings. The summed E-state index contributed by atoms with van der Waals surface area (Å²) in [6.45, 7) is 7.86. The molecule has 296 valence electrons. The molecule has 2 heterocycles. The molecule has 2 amide bonds. The number of fused-ring (bicyclic) bond motifs is 2. The van der Waals surface area contributed by atoms with E-state index in [1.54, 1.807) is 0 Å². The van der Waals surface area contributed by atoms with Gasteiger partial charge in [-0.3, -0.25) is 9.59 Å². The van der Waals surface area contributed by atoms with Gasteiger partial charge in [0.2, 0.25) is 0 Å². The number of para-hydroxylation sites is 2. The van der Waals surface area contributed by atoms with Crippen molar-refractivity contribution in [3.63, 3.8) is 0 Å². The van der Waals surface area contributed by atoms with Crippen LogP contribution >= 0.6 is 30.8 Å². The van der Waals surface area contributed by atoms with Crippen molar-refractivity contribution in [2.45, 2.75) is 111 Å². The molecular weight excluding hydrogens is 740 g/mol. The van der Waals surface area contributed by atoms with Crippen LogP contribution in [0.15, 0.2) is 83.1 Å². The molecule has 0 atom stereocenters. The Labute approximate surface area is 339 Å². The van der Waals surface area contributed by atoms with E-state index in [0.717, 1.165) is 30.9 Å². The van der Waals surface area contributed by atoms with Gasteiger partial charge in [0, 0.05) is 71.1 Å². The molecule has 0 aromatic heterocycles. The Morgan fingerprint density at radius 1 is 0.636 bits per heavy atom. The third-order valence-corrected chi connectivity index (χ3v) is 18.4. The first kappa shape index (κ1) is 43.1. The highest BCUT2D eigenvalue weighted by Crippen LogP contribution is 2.61. The molecule has 0 spiro atoms. The van der Waals surface area contributed by atoms with E-state index in [9.17, 15) is 14.4 Å². The number of hydroxylamine groups is 2. The average Bonchev–Trinajstić information content (AvgIpc) is 3.53. The predicted molar refractivity (Wildman–Crippen MR) is 237 cm³/mol. The minimum atomic E-state index is -0.966. The van der Waals surface area contributed by atoms with Gasteiger partial charge < -0.3 is 9.74 Å². The van der Waals surface area contributed by atoms with Gasteiger partial charge in [-0.1, -0.05) is 113 Å². The number of amides is 2. The number of carbonyl (C=O) groups excluding carboxylic acids is 3. The fourth-order valence-electron chi connectivity index (χ4n) is 7.69. The molecule has 0 radical (unpaired) electrons. The Balaban J connectivity index is 1.35. The fourth-order valence-corrected chi connectivity index (χ4v) is 15.6. The van der Waals surface area contributed by atoms with Crippen LogP contribution in [0.4, 0.5) is 11.4 Å². The van der Waals surface area contributed by atoms with Crippen molar-refractivity contribution in [3.8, 4) is 0 Å². The number of hydrogen-bond donors (Lipinski definition) is 0. The summed E-state index contributed by atoms with van der Waals surface area (Å²) in [6.07, 6.45) is 18.0. The molecule has 2 aliphatic rings. The Kier molecular flexibility index (Phi) is 17.7. The summed E-state index contributed by atoms with van der Waals surface area (Å²) < 4.78 is 1.39. The Bertz CT molecular complexity index is 1640. The van der Waals surface area contributed by atoms with Crippen LogP contribution in [0.3, 0.4) is 0 Å². The Hall–Kier alpha value is -3.06. The molecule has 1 saturated heterocycles. The monoisotopic (exact) mass is 801 g/mol. The minimum absolute atomic E-state index is 0.109. The predicted octanol–water partition coefficient (Wildman–Crippen LogP) is 12.5. The SMILES string of the molecule is CCCC[P+](CCCC)(CCCC)CCCSC(SCCCCCC(=O)ON1C(=O)CCC1=O)=C1c2ccccc2N(Cc2ccccc2)c2ccccc21. The van der Waals surface area contributed by atoms with E-state index in [1.165, 1.54) is 107 Å². The number of hydrogen-bond acceptors (Lipinski definition) is 7. The fraction of sp³-hybridized carbons (Fsp3) is 0.500. The normalized spacial score (nSPS) is 14.0. The van der Waals surface area contributed by atoms with E-state index >= 15 is 0 Å². The Morgan fingerprint density at radius 3 is 1.71 bits per heavy atom. The maximum absolute atomic E-state index is 12.4. The summed E-state index contributed by atoms with van der Waals surface area (Å²) in [5.41, 5.74) is 7.70. The summed E-state index contributed by atoms with van der Waals surface area (Å²) in [6, 6.07) is 28.6. The van der Waals surface area contributed by atoms with E-state index in [1.807, 2.05) is 11.8 Å². The first-order chi connectivity index (χ1) is 26.9. The van der Waals surface area contributed by atoms with Crippen molar-refractivity contribution >= 4 is 65.5 Å². The molecular formula is C46H62N2O4PS2+. The van der Waals surface area contributed by atoms with E-state index in [-0.39, 0.29) is 19.3 Å². The number of rotatable bonds is 24. The molecule has 0 saturated carbocycles. The molecule has 55 heavy (non-hydrogen) atoms. The lowest BCUT2D eigenvalue weighted by Gasteiger charge is -2.35. The van der Waals surface area contributed by atoms with Crippen LogP contribution in [-0.2, 0) is 25.8 Å². The summed E-state index contributed by atoms with van der Waals surface area (Å²) >= 11 is 4.02. The average molecular weight is 802 g/mol. The maximum atomic E-state index is 12.4. The Morgan fingerprint density at radius 2 is 1.15 bits per heavy atom. The number of benzene rings is 3. The third-order valence-electron chi connectivity index (χ3n) is 10.7. The number of unbranched alkanes of at least 4 members (excludes halogenated alkanes) is 5. The zero-order chi connectivity index (χ0) is 38.9. The topological polar surface area (TPSA) is 66.9 Å². The van der Waals surface area contributed by atoms with Crippen molar-refractivity contribution in [1.82, 2.24) is 5.06 Å². The van der Waals surface area contributed by atoms with E-state index in [4.69, 9.17) is 4.84 Å². The molecule has 0 aliphatic carbocycles. The van der Waals surface area contributed by atoms with Gasteiger partial charge in [0.1, 0.15) is 0 Å². The van der Waals surface area contributed by atoms with Crippen molar-refractivity contribution < 1.29 is 19.2 Å². The lowest BCUT2D eigenvalue weighted by Crippen LogP contribution is -2.31. The second kappa shape index (κ2) is 22.6. The molecule has 0 N–H and O–H groups in total. The van der Waals surface area contributed by atoms with E-state index in [0.29, 0.717) is 11.5 Å². The van der Waals surface area contributed by atoms with Crippen LogP contribution in [0, 0.1) is 0 Å². The summed E-state index contributed by atoms with van der Waals surface area (Å²) in [4.78, 5) is 43.7. The van der Waals surface area contributed by atoms with Crippen LogP contribution in [0.2, 0.25) is 0 Å². The lowest BCUT2D eigenvalue weighted by molar-refractivity contribution is -0.197. The highest BCUT2D eigenvalue weighted by atomic mass is 32.2. The number of thioether (sulfide) groups is 2. The minimum Gasteiger partial charge on any atom is -0.336 e. The first-order valence-electron chi connectivity index (χ1n) is 20.8. The van der Waals surface area contributed by atoms with Crippen molar-refractivity contribution in [2.75, 3.05) is 41.1 Å². The summed E-state index contributed by atoms with van der Waals surface area (Å²) in [7, 11) is -0.966. The molecule has 0 bridgehead atoms. The molecule has 3 aromatic rings. The van der Waals surface area contributed by atoms with Gasteiger partial charge in [-0.05, 0) is 62.0 Å². The van der Waals surface area contributed by atoms with Crippen molar-refractivity contribution in [1.29, 1.82) is 0 Å². The number of carbonyl (C=O) groups is 3. The molecule has 0 unspecified atom stereocenters. The van der Waals surface area contributed by atoms with Crippen LogP contribution in [-0.4, -0.2) is 59.0 Å². The second-order valence-corrected chi connectivity index (χ2v) is 21.9. The highest BCUT2D eigenvalue weighted by Gasteiger charge is 2.35. The summed E-state index contributed by atoms with van der Waals surface area (Å²) in [5, 5.41) is 0.651. The standard InChI is InChI=1S/C46H62N2O4PS2/c1-4-7-30-53(31-8-5-2,32-9-6-3)33-20-35-55-46(54-34-19-11-14-27-44(51)52-48-42(49)28-29-43(48)50)45-38-23-15-17-25-40(38)47(36-37-21-12-10-13-22-37)41-26-18-16-24-39(41)45/h10,12-13,15-18,21-26H,4-9,11,14,19-20,27-36H2,1-3H3/q+1. The molecule has 2 aliphatic heterocycles. The van der Waals surface area contributed by atoms with Gasteiger partial charge in [-0.25, -0.2) is 4.79 Å². The molecule has 5 rings (SSSR count). The van der Waals surface area contributed by atoms with Crippen molar-refractivity contribution in [2.24, 2.45) is 0 Å². The van der Waals surface area contributed by atoms with Gasteiger partial charge in [-0.2, -0.15) is 0 Å². The largest absolute Gasteiger partial charge is 0.336 e. The third kappa shape index (κ3) is 12.2. The van der Waals surface area contributed by atoms with Gasteiger partial charge in [0.05, 0.1) is 24.6 Å². The zero-order valence-electron chi connectivity index (χ0n) is 33.4. The van der Waals surface area contributed by atoms with E-state index < -0.39 is 25.0 Å². The molecule has 6 nitrogen and oxygen atoms in total. The van der Waals surface area contributed by atoms with Gasteiger partial charge >= 0.3 is 5.97 Å². The van der Waals surface area contributed by atoms with Crippen LogP contribution in [0.25, 0.3) is 5.57 Å². The molecule has 9 heteroatoms. The maximum Gasteiger partial charge on any atom is 0.333 e. The van der Waals surface area contributed by atoms with Gasteiger partial charge in [0.25, 0.3) is 11.8 Å². The highest BCUT2D eigenvalue weighted by molar-refractivity contribution is 8.22. The van der Waals surface area contributed by atoms with Crippen LogP contribution in [0.5, 0.6) is 0 Å².